The van der Waals surface area contributed by atoms with Crippen LogP contribution in [0.25, 0.3) is 22.3 Å². The molecule has 10 N–H and O–H groups in total. The van der Waals surface area contributed by atoms with Gasteiger partial charge in [-0.2, -0.15) is 5.26 Å². The molecule has 1 heterocycles. The Hall–Kier alpha value is -6.80. The van der Waals surface area contributed by atoms with E-state index in [9.17, 15) is 29.2 Å². The number of hydrogen-bond donors (Lipinski definition) is 7. The van der Waals surface area contributed by atoms with Crippen molar-refractivity contribution in [2.24, 2.45) is 17.2 Å². The fourth-order valence-corrected chi connectivity index (χ4v) is 7.85. The van der Waals surface area contributed by atoms with Crippen LogP contribution >= 0.6 is 0 Å². The molecule has 0 saturated heterocycles. The zero-order chi connectivity index (χ0) is 48.5. The van der Waals surface area contributed by atoms with Crippen molar-refractivity contribution in [3.8, 4) is 39.8 Å². The Balaban J connectivity index is 1.55. The number of nitrogens with zero attached hydrogens (tertiary/aromatic N) is 2. The summed E-state index contributed by atoms with van der Waals surface area (Å²) in [5.74, 6) is -2.24. The van der Waals surface area contributed by atoms with Crippen LogP contribution in [0, 0.1) is 11.3 Å². The number of rotatable bonds is 20. The largest absolute Gasteiger partial charge is 0.492 e. The van der Waals surface area contributed by atoms with Crippen molar-refractivity contribution in [1.29, 1.82) is 5.26 Å². The number of carbonyl (C=O) groups is 5. The summed E-state index contributed by atoms with van der Waals surface area (Å²) in [7, 11) is 1.47. The first-order valence-corrected chi connectivity index (χ1v) is 23.0. The van der Waals surface area contributed by atoms with Crippen LogP contribution in [0.5, 0.6) is 11.5 Å². The lowest BCUT2D eigenvalue weighted by Crippen LogP contribution is -2.56. The maximum Gasteiger partial charge on any atom is 0.251 e. The molecular weight excluding hydrogens is 851 g/mol. The zero-order valence-corrected chi connectivity index (χ0v) is 38.9. The monoisotopic (exact) mass is 916 g/mol. The Kier molecular flexibility index (Phi) is 19.3. The Labute approximate surface area is 393 Å². The van der Waals surface area contributed by atoms with Gasteiger partial charge in [-0.1, -0.05) is 61.9 Å². The first-order chi connectivity index (χ1) is 32.3. The van der Waals surface area contributed by atoms with Crippen LogP contribution in [0.15, 0.2) is 84.9 Å². The van der Waals surface area contributed by atoms with Gasteiger partial charge in [0.2, 0.25) is 23.6 Å². The minimum atomic E-state index is -1.36. The molecule has 16 nitrogen and oxygen atoms in total. The van der Waals surface area contributed by atoms with Crippen molar-refractivity contribution in [2.75, 3.05) is 39.9 Å². The number of carbonyl (C=O) groups excluding carboxylic acids is 5. The van der Waals surface area contributed by atoms with Crippen LogP contribution in [0.1, 0.15) is 86.0 Å². The van der Waals surface area contributed by atoms with E-state index in [-0.39, 0.29) is 39.1 Å². The Morgan fingerprint density at radius 2 is 1.43 bits per heavy atom. The minimum absolute atomic E-state index is 0.00743. The van der Waals surface area contributed by atoms with Gasteiger partial charge in [0.1, 0.15) is 54.9 Å². The van der Waals surface area contributed by atoms with Crippen LogP contribution in [-0.2, 0) is 32.0 Å². The van der Waals surface area contributed by atoms with Gasteiger partial charge in [0, 0.05) is 43.2 Å². The molecule has 0 spiro atoms. The summed E-state index contributed by atoms with van der Waals surface area (Å²) in [6, 6.07) is 22.2. The number of amides is 5. The lowest BCUT2D eigenvalue weighted by molar-refractivity contribution is -0.141. The molecule has 356 valence electrons. The number of hydrogen-bond acceptors (Lipinski definition) is 11. The number of unbranched alkanes of at least 4 members (excludes halogenated alkanes) is 2. The van der Waals surface area contributed by atoms with Crippen LogP contribution in [0.3, 0.4) is 0 Å². The first-order valence-electron chi connectivity index (χ1n) is 23.0. The molecule has 67 heavy (non-hydrogen) atoms. The second-order valence-electron chi connectivity index (χ2n) is 16.8. The molecule has 0 radical (unpaired) electrons. The summed E-state index contributed by atoms with van der Waals surface area (Å²) in [5.41, 5.74) is 23.1. The van der Waals surface area contributed by atoms with Crippen molar-refractivity contribution in [3.05, 3.63) is 107 Å². The minimum Gasteiger partial charge on any atom is -0.492 e. The molecule has 16 heteroatoms. The highest BCUT2D eigenvalue weighted by Crippen LogP contribution is 2.40. The summed E-state index contributed by atoms with van der Waals surface area (Å²) in [6.45, 7) is 6.23. The zero-order valence-electron chi connectivity index (χ0n) is 38.9. The molecule has 4 aromatic carbocycles. The normalized spacial score (nSPS) is 16.8. The standard InChI is InChI=1S/C51H65N9O7/c1-5-6-9-34-11-14-36(15-12-34)37-16-18-38(19-17-37)48(62)58-42(10-7-8-23-52)51(65)60(4)46-39-20-22-45(67-27-25-54)41(30-39)40-28-35(13-21-44(40)66-26-24-53)29-43(49(63)56-32(2)31-55)59-47(61)33(3)57-50(46)64/h11-22,28,30,32-33,42-43,46H,5-10,23-27,29,52-54H2,1-4H3,(H,56,63)(H,57,64)(H,58,62)(H,59,61)/t32-,33-,42-,43-,46-/m0/s1. The number of nitrogens with two attached hydrogens (primary N) is 3. The molecule has 4 bridgehead atoms. The summed E-state index contributed by atoms with van der Waals surface area (Å²) >= 11 is 0. The van der Waals surface area contributed by atoms with Gasteiger partial charge < -0.3 is 52.8 Å². The number of aryl methyl sites for hydroxylation is 1. The number of nitriles is 1. The molecule has 0 saturated carbocycles. The summed E-state index contributed by atoms with van der Waals surface area (Å²) in [5, 5.41) is 20.5. The third kappa shape index (κ3) is 13.9. The van der Waals surface area contributed by atoms with E-state index in [0.29, 0.717) is 58.7 Å². The summed E-state index contributed by atoms with van der Waals surface area (Å²) in [6.07, 6.45) is 4.58. The van der Waals surface area contributed by atoms with Gasteiger partial charge in [0.15, 0.2) is 0 Å². The molecule has 0 fully saturated rings. The van der Waals surface area contributed by atoms with E-state index in [4.69, 9.17) is 26.7 Å². The van der Waals surface area contributed by atoms with E-state index in [0.717, 1.165) is 30.4 Å². The van der Waals surface area contributed by atoms with Gasteiger partial charge in [-0.15, -0.1) is 0 Å². The molecule has 5 atom stereocenters. The summed E-state index contributed by atoms with van der Waals surface area (Å²) in [4.78, 5) is 72.1. The lowest BCUT2D eigenvalue weighted by atomic mass is 9.93. The smallest absolute Gasteiger partial charge is 0.251 e. The molecule has 0 unspecified atom stereocenters. The van der Waals surface area contributed by atoms with Crippen LogP contribution in [0.2, 0.25) is 0 Å². The molecular formula is C51H65N9O7. The van der Waals surface area contributed by atoms with E-state index >= 15 is 0 Å². The molecule has 1 aliphatic rings. The SMILES string of the molecule is CCCCc1ccc(-c2ccc(C(=O)N[C@@H](CCCCN)C(=O)N(C)[C@@H]3C(=O)N[C@@H](C)C(=O)N[C@H](C(=O)N[C@@H](C)C#N)Cc4ccc(OCCN)c(c4)-c4cc3ccc4OCCN)cc2)cc1. The highest BCUT2D eigenvalue weighted by Gasteiger charge is 2.36. The van der Waals surface area contributed by atoms with Gasteiger partial charge in [-0.05, 0) is 117 Å². The maximum absolute atomic E-state index is 14.8. The predicted molar refractivity (Wildman–Crippen MR) is 258 cm³/mol. The Morgan fingerprint density at radius 1 is 0.806 bits per heavy atom. The molecule has 0 aliphatic carbocycles. The fraction of sp³-hybridized carbons (Fsp3) is 0.412. The second kappa shape index (κ2) is 25.2. The fourth-order valence-electron chi connectivity index (χ4n) is 7.85. The van der Waals surface area contributed by atoms with E-state index in [1.54, 1.807) is 48.5 Å². The average molecular weight is 916 g/mol. The Bertz CT molecular complexity index is 2370. The van der Waals surface area contributed by atoms with Crippen LogP contribution in [0.4, 0.5) is 0 Å². The highest BCUT2D eigenvalue weighted by molar-refractivity contribution is 5.99. The summed E-state index contributed by atoms with van der Waals surface area (Å²) < 4.78 is 12.3. The van der Waals surface area contributed by atoms with Crippen molar-refractivity contribution in [2.45, 2.75) is 95.9 Å². The van der Waals surface area contributed by atoms with Gasteiger partial charge in [0.05, 0.1) is 6.07 Å². The van der Waals surface area contributed by atoms with Crippen molar-refractivity contribution in [1.82, 2.24) is 26.2 Å². The van der Waals surface area contributed by atoms with E-state index in [1.165, 1.54) is 31.4 Å². The van der Waals surface area contributed by atoms with Crippen LogP contribution in [-0.4, -0.2) is 98.5 Å². The predicted octanol–water partition coefficient (Wildman–Crippen LogP) is 4.04. The number of benzene rings is 4. The van der Waals surface area contributed by atoms with Crippen molar-refractivity contribution in [3.63, 3.8) is 0 Å². The van der Waals surface area contributed by atoms with Gasteiger partial charge in [-0.3, -0.25) is 24.0 Å². The number of likely N-dealkylation sites (N-methyl/N-ethyl adjacent to an activating group) is 1. The van der Waals surface area contributed by atoms with Gasteiger partial charge in [-0.25, -0.2) is 0 Å². The third-order valence-electron chi connectivity index (χ3n) is 11.6. The first kappa shape index (κ1) is 51.2. The lowest BCUT2D eigenvalue weighted by Gasteiger charge is -2.33. The van der Waals surface area contributed by atoms with E-state index in [2.05, 4.69) is 52.5 Å². The van der Waals surface area contributed by atoms with Crippen LogP contribution < -0.4 is 47.9 Å². The molecule has 1 aliphatic heterocycles. The van der Waals surface area contributed by atoms with Gasteiger partial charge >= 0.3 is 0 Å². The van der Waals surface area contributed by atoms with Crippen molar-refractivity contribution >= 4 is 29.5 Å². The topological polar surface area (TPSA) is 257 Å². The second-order valence-corrected chi connectivity index (χ2v) is 16.8. The molecule has 5 rings (SSSR count). The van der Waals surface area contributed by atoms with E-state index in [1.807, 2.05) is 18.2 Å². The van der Waals surface area contributed by atoms with E-state index < -0.39 is 59.7 Å². The third-order valence-corrected chi connectivity index (χ3v) is 11.6. The quantitative estimate of drug-likeness (QED) is 0.0623. The number of nitrogens with one attached hydrogen (secondary N) is 4. The van der Waals surface area contributed by atoms with Crippen molar-refractivity contribution < 1.29 is 33.4 Å². The maximum atomic E-state index is 14.8. The number of ether oxygens (including phenoxy) is 2. The Morgan fingerprint density at radius 3 is 2.04 bits per heavy atom. The molecule has 5 amide bonds. The highest BCUT2D eigenvalue weighted by atomic mass is 16.5. The number of fused-ring (bicyclic) bond motifs is 5. The molecule has 4 aromatic rings. The van der Waals surface area contributed by atoms with Gasteiger partial charge in [0.25, 0.3) is 5.91 Å². The average Bonchev–Trinajstić information content (AvgIpc) is 3.33. The molecule has 0 aromatic heterocycles.